The minimum Gasteiger partial charge on any atom is -0.445 e. The smallest absolute Gasteiger partial charge is 0.407 e. The first-order chi connectivity index (χ1) is 14.2. The molecule has 0 heterocycles. The Labute approximate surface area is 170 Å². The lowest BCUT2D eigenvalue weighted by Crippen LogP contribution is -2.49. The molecule has 2 aromatic rings. The van der Waals surface area contributed by atoms with Crippen LogP contribution in [0.3, 0.4) is 0 Å². The number of amides is 2. The number of carbonyl (C=O) groups excluding carboxylic acids is 2. The monoisotopic (exact) mass is 391 g/mol. The van der Waals surface area contributed by atoms with E-state index in [0.717, 1.165) is 24.0 Å². The van der Waals surface area contributed by atoms with E-state index in [4.69, 9.17) is 4.74 Å². The Balaban J connectivity index is 1.57. The number of nitrogens with one attached hydrogen (secondary N) is 2. The largest absolute Gasteiger partial charge is 0.445 e. The summed E-state index contributed by atoms with van der Waals surface area (Å²) in [5, 5.41) is 15.1. The highest BCUT2D eigenvalue weighted by molar-refractivity contribution is 5.81. The minimum atomic E-state index is -0.712. The summed E-state index contributed by atoms with van der Waals surface area (Å²) in [5.74, 6) is -0.596. The van der Waals surface area contributed by atoms with Crippen LogP contribution in [0.15, 0.2) is 60.7 Å². The highest BCUT2D eigenvalue weighted by Crippen LogP contribution is 2.26. The fourth-order valence-corrected chi connectivity index (χ4v) is 3.62. The van der Waals surface area contributed by atoms with E-state index in [2.05, 4.69) is 16.7 Å². The van der Waals surface area contributed by atoms with E-state index in [9.17, 15) is 14.9 Å². The lowest BCUT2D eigenvalue weighted by Gasteiger charge is -2.31. The van der Waals surface area contributed by atoms with E-state index in [1.54, 1.807) is 0 Å². The zero-order chi connectivity index (χ0) is 20.5. The van der Waals surface area contributed by atoms with Gasteiger partial charge in [-0.05, 0) is 24.0 Å². The number of nitriles is 1. The Morgan fingerprint density at radius 2 is 1.69 bits per heavy atom. The van der Waals surface area contributed by atoms with Crippen molar-refractivity contribution in [3.63, 3.8) is 0 Å². The van der Waals surface area contributed by atoms with E-state index in [1.165, 1.54) is 0 Å². The number of benzene rings is 2. The van der Waals surface area contributed by atoms with Gasteiger partial charge in [0.1, 0.15) is 12.6 Å². The molecule has 1 saturated carbocycles. The van der Waals surface area contributed by atoms with Crippen LogP contribution in [-0.2, 0) is 16.1 Å². The Morgan fingerprint density at radius 3 is 2.38 bits per heavy atom. The fourth-order valence-electron chi connectivity index (χ4n) is 3.62. The summed E-state index contributed by atoms with van der Waals surface area (Å²) in [6.45, 7) is 0.181. The van der Waals surface area contributed by atoms with E-state index in [-0.39, 0.29) is 24.5 Å². The summed E-state index contributed by atoms with van der Waals surface area (Å²) in [4.78, 5) is 25.1. The van der Waals surface area contributed by atoms with Crippen molar-refractivity contribution in [1.82, 2.24) is 10.6 Å². The Hall–Kier alpha value is -3.33. The van der Waals surface area contributed by atoms with Crippen LogP contribution in [0.4, 0.5) is 4.79 Å². The van der Waals surface area contributed by atoms with Crippen LogP contribution in [0, 0.1) is 17.2 Å². The molecule has 1 aliphatic carbocycles. The maximum Gasteiger partial charge on any atom is 0.407 e. The second kappa shape index (κ2) is 10.3. The number of hydrogen-bond acceptors (Lipinski definition) is 4. The number of rotatable bonds is 6. The molecule has 3 atom stereocenters. The van der Waals surface area contributed by atoms with E-state index in [1.807, 2.05) is 60.7 Å². The van der Waals surface area contributed by atoms with Crippen LogP contribution in [0.2, 0.25) is 0 Å². The summed E-state index contributed by atoms with van der Waals surface area (Å²) in [6, 6.07) is 19.7. The molecule has 1 aliphatic rings. The Morgan fingerprint density at radius 1 is 1.03 bits per heavy atom. The molecular formula is C23H25N3O3. The first-order valence-electron chi connectivity index (χ1n) is 9.89. The van der Waals surface area contributed by atoms with Crippen molar-refractivity contribution < 1.29 is 14.3 Å². The first-order valence-corrected chi connectivity index (χ1v) is 9.89. The standard InChI is InChI=1S/C23H25N3O3/c24-15-21(18-11-5-2-6-12-18)25-22(27)19-13-7-8-14-20(19)26-23(28)29-16-17-9-3-1-4-10-17/h1-6,9-12,19-21H,7-8,13-14,16H2,(H,25,27)(H,26,28)/t19-,20+,21?/m0/s1. The van der Waals surface area contributed by atoms with Crippen LogP contribution in [0.25, 0.3) is 0 Å². The molecule has 1 unspecified atom stereocenters. The quantitative estimate of drug-likeness (QED) is 0.782. The molecule has 2 amide bonds. The number of hydrogen-bond donors (Lipinski definition) is 2. The number of alkyl carbamates (subject to hydrolysis) is 1. The molecule has 0 saturated heterocycles. The average Bonchev–Trinajstić information content (AvgIpc) is 2.77. The van der Waals surface area contributed by atoms with Crippen molar-refractivity contribution in [2.24, 2.45) is 5.92 Å². The normalized spacial score (nSPS) is 19.4. The molecule has 0 bridgehead atoms. The van der Waals surface area contributed by atoms with Gasteiger partial charge in [0.2, 0.25) is 5.91 Å². The molecule has 0 aromatic heterocycles. The van der Waals surface area contributed by atoms with Crippen molar-refractivity contribution in [3.8, 4) is 6.07 Å². The third kappa shape index (κ3) is 5.82. The summed E-state index contributed by atoms with van der Waals surface area (Å²) in [6.07, 6.45) is 2.70. The molecule has 1 fully saturated rings. The van der Waals surface area contributed by atoms with E-state index in [0.29, 0.717) is 12.8 Å². The maximum atomic E-state index is 12.9. The number of carbonyl (C=O) groups is 2. The first kappa shape index (κ1) is 20.4. The summed E-state index contributed by atoms with van der Waals surface area (Å²) in [5.41, 5.74) is 1.64. The highest BCUT2D eigenvalue weighted by atomic mass is 16.5. The molecule has 6 nitrogen and oxygen atoms in total. The van der Waals surface area contributed by atoms with Crippen LogP contribution in [-0.4, -0.2) is 18.0 Å². The molecule has 29 heavy (non-hydrogen) atoms. The van der Waals surface area contributed by atoms with Gasteiger partial charge in [-0.3, -0.25) is 4.79 Å². The van der Waals surface area contributed by atoms with Crippen LogP contribution in [0.1, 0.15) is 42.9 Å². The van der Waals surface area contributed by atoms with Gasteiger partial charge in [0.05, 0.1) is 12.0 Å². The predicted octanol–water partition coefficient (Wildman–Crippen LogP) is 3.85. The summed E-state index contributed by atoms with van der Waals surface area (Å²) < 4.78 is 5.30. The third-order valence-electron chi connectivity index (χ3n) is 5.17. The lowest BCUT2D eigenvalue weighted by atomic mass is 9.83. The maximum absolute atomic E-state index is 12.9. The minimum absolute atomic E-state index is 0.181. The van der Waals surface area contributed by atoms with Crippen molar-refractivity contribution in [2.45, 2.75) is 44.4 Å². The second-order valence-electron chi connectivity index (χ2n) is 7.18. The molecule has 0 aliphatic heterocycles. The molecule has 0 radical (unpaired) electrons. The molecule has 2 aromatic carbocycles. The summed E-state index contributed by atoms with van der Waals surface area (Å²) >= 11 is 0. The van der Waals surface area contributed by atoms with Gasteiger partial charge in [-0.25, -0.2) is 4.79 Å². The van der Waals surface area contributed by atoms with Crippen molar-refractivity contribution >= 4 is 12.0 Å². The highest BCUT2D eigenvalue weighted by Gasteiger charge is 2.33. The molecule has 150 valence electrons. The van der Waals surface area contributed by atoms with Gasteiger partial charge in [0.25, 0.3) is 0 Å². The molecule has 6 heteroatoms. The van der Waals surface area contributed by atoms with E-state index < -0.39 is 12.1 Å². The average molecular weight is 391 g/mol. The third-order valence-corrected chi connectivity index (χ3v) is 5.17. The zero-order valence-electron chi connectivity index (χ0n) is 16.2. The second-order valence-corrected chi connectivity index (χ2v) is 7.18. The zero-order valence-corrected chi connectivity index (χ0v) is 16.2. The molecule has 0 spiro atoms. The predicted molar refractivity (Wildman–Crippen MR) is 108 cm³/mol. The molecule has 2 N–H and O–H groups in total. The number of nitrogens with zero attached hydrogens (tertiary/aromatic N) is 1. The van der Waals surface area contributed by atoms with Gasteiger partial charge in [-0.1, -0.05) is 73.5 Å². The van der Waals surface area contributed by atoms with Crippen LogP contribution >= 0.6 is 0 Å². The van der Waals surface area contributed by atoms with E-state index >= 15 is 0 Å². The lowest BCUT2D eigenvalue weighted by molar-refractivity contribution is -0.127. The van der Waals surface area contributed by atoms with Crippen molar-refractivity contribution in [3.05, 3.63) is 71.8 Å². The summed E-state index contributed by atoms with van der Waals surface area (Å²) in [7, 11) is 0. The van der Waals surface area contributed by atoms with Crippen LogP contribution in [0.5, 0.6) is 0 Å². The van der Waals surface area contributed by atoms with Gasteiger partial charge in [0, 0.05) is 6.04 Å². The van der Waals surface area contributed by atoms with Crippen molar-refractivity contribution in [1.29, 1.82) is 5.26 Å². The van der Waals surface area contributed by atoms with Gasteiger partial charge < -0.3 is 15.4 Å². The molecular weight excluding hydrogens is 366 g/mol. The van der Waals surface area contributed by atoms with Crippen molar-refractivity contribution in [2.75, 3.05) is 0 Å². The Kier molecular flexibility index (Phi) is 7.23. The topological polar surface area (TPSA) is 91.2 Å². The fraction of sp³-hybridized carbons (Fsp3) is 0.348. The van der Waals surface area contributed by atoms with Gasteiger partial charge in [-0.2, -0.15) is 5.26 Å². The SMILES string of the molecule is N#CC(NC(=O)[C@H]1CCCC[C@H]1NC(=O)OCc1ccccc1)c1ccccc1. The van der Waals surface area contributed by atoms with Gasteiger partial charge in [0.15, 0.2) is 0 Å². The Bertz CT molecular complexity index is 849. The van der Waals surface area contributed by atoms with Gasteiger partial charge in [-0.15, -0.1) is 0 Å². The number of ether oxygens (including phenoxy) is 1. The van der Waals surface area contributed by atoms with Crippen LogP contribution < -0.4 is 10.6 Å². The molecule has 3 rings (SSSR count). The van der Waals surface area contributed by atoms with Gasteiger partial charge >= 0.3 is 6.09 Å².